The van der Waals surface area contributed by atoms with Crippen LogP contribution in [-0.4, -0.2) is 39.8 Å². The first kappa shape index (κ1) is 13.5. The summed E-state index contributed by atoms with van der Waals surface area (Å²) in [6.45, 7) is 1.57. The fraction of sp³-hybridized carbons (Fsp3) is 0.462. The number of carbonyl (C=O) groups is 1. The summed E-state index contributed by atoms with van der Waals surface area (Å²) in [5.74, 6) is 0.469. The first-order valence-electron chi connectivity index (χ1n) is 6.18. The Morgan fingerprint density at radius 1 is 1.53 bits per heavy atom. The number of methoxy groups -OCH3 is 1. The van der Waals surface area contributed by atoms with Gasteiger partial charge in [0, 0.05) is 33.4 Å². The summed E-state index contributed by atoms with van der Waals surface area (Å²) in [6.07, 6.45) is 0.909. The lowest BCUT2D eigenvalue weighted by molar-refractivity contribution is -0.118. The topological polar surface area (TPSA) is 76.8 Å². The van der Waals surface area contributed by atoms with Gasteiger partial charge in [0.15, 0.2) is 6.61 Å². The number of hydrogen-bond acceptors (Lipinski definition) is 5. The molecule has 0 fully saturated rings. The number of nitrogens with zero attached hydrogens (tertiary/aromatic N) is 1. The monoisotopic (exact) mass is 265 g/mol. The van der Waals surface area contributed by atoms with Crippen LogP contribution in [0, 0.1) is 0 Å². The smallest absolute Gasteiger partial charge is 0.262 e. The fourth-order valence-corrected chi connectivity index (χ4v) is 2.03. The van der Waals surface area contributed by atoms with Crippen LogP contribution in [0.15, 0.2) is 12.1 Å². The molecule has 2 rings (SSSR count). The number of nitrogens with two attached hydrogens (primary N) is 1. The van der Waals surface area contributed by atoms with Crippen molar-refractivity contribution in [3.63, 3.8) is 0 Å². The molecule has 1 heterocycles. The predicted octanol–water partition coefficient (Wildman–Crippen LogP) is 1.07. The molecule has 3 N–H and O–H groups in total. The Bertz CT molecular complexity index is 476. The number of hydrogen-bond donors (Lipinski definition) is 2. The third-order valence-corrected chi connectivity index (χ3v) is 3.01. The zero-order valence-electron chi connectivity index (χ0n) is 11.2. The summed E-state index contributed by atoms with van der Waals surface area (Å²) >= 11 is 0. The number of amides is 1. The molecule has 0 bridgehead atoms. The van der Waals surface area contributed by atoms with Gasteiger partial charge in [-0.15, -0.1) is 0 Å². The molecule has 0 aliphatic carbocycles. The van der Waals surface area contributed by atoms with Gasteiger partial charge in [-0.1, -0.05) is 0 Å². The second-order valence-corrected chi connectivity index (χ2v) is 4.51. The number of rotatable bonds is 5. The van der Waals surface area contributed by atoms with Crippen LogP contribution in [-0.2, 0) is 9.53 Å². The lowest BCUT2D eigenvalue weighted by Gasteiger charge is -2.25. The van der Waals surface area contributed by atoms with Crippen molar-refractivity contribution < 1.29 is 14.3 Å². The summed E-state index contributed by atoms with van der Waals surface area (Å²) < 4.78 is 10.3. The van der Waals surface area contributed by atoms with E-state index in [1.165, 1.54) is 0 Å². The van der Waals surface area contributed by atoms with Crippen LogP contribution < -0.4 is 20.7 Å². The molecule has 1 aliphatic heterocycles. The minimum absolute atomic E-state index is 0.0372. The molecule has 0 saturated carbocycles. The molecule has 104 valence electrons. The van der Waals surface area contributed by atoms with E-state index in [1.807, 2.05) is 18.0 Å². The standard InChI is InChI=1S/C13H19N3O3/c1-16(4-3-5-18-2)11-7-10-12(6-9(11)14)19-8-13(17)15-10/h6-7H,3-5,8,14H2,1-2H3,(H,15,17). The first-order chi connectivity index (χ1) is 9.11. The normalized spacial score (nSPS) is 13.5. The number of fused-ring (bicyclic) bond motifs is 1. The highest BCUT2D eigenvalue weighted by Crippen LogP contribution is 2.36. The van der Waals surface area contributed by atoms with Crippen molar-refractivity contribution in [1.82, 2.24) is 0 Å². The highest BCUT2D eigenvalue weighted by Gasteiger charge is 2.19. The molecule has 19 heavy (non-hydrogen) atoms. The third kappa shape index (κ3) is 3.08. The molecular formula is C13H19N3O3. The largest absolute Gasteiger partial charge is 0.482 e. The maximum atomic E-state index is 11.3. The molecule has 6 heteroatoms. The van der Waals surface area contributed by atoms with E-state index < -0.39 is 0 Å². The van der Waals surface area contributed by atoms with Gasteiger partial charge in [0.25, 0.3) is 5.91 Å². The molecule has 1 aromatic carbocycles. The van der Waals surface area contributed by atoms with Gasteiger partial charge in [-0.2, -0.15) is 0 Å². The highest BCUT2D eigenvalue weighted by atomic mass is 16.5. The number of nitrogens with one attached hydrogen (secondary N) is 1. The number of ether oxygens (including phenoxy) is 2. The molecule has 0 unspecified atom stereocenters. The molecule has 0 spiro atoms. The average molecular weight is 265 g/mol. The second-order valence-electron chi connectivity index (χ2n) is 4.51. The number of benzene rings is 1. The Morgan fingerprint density at radius 3 is 3.05 bits per heavy atom. The minimum Gasteiger partial charge on any atom is -0.482 e. The van der Waals surface area contributed by atoms with Gasteiger partial charge >= 0.3 is 0 Å². The van der Waals surface area contributed by atoms with Crippen LogP contribution in [0.4, 0.5) is 17.1 Å². The summed E-state index contributed by atoms with van der Waals surface area (Å²) in [5, 5.41) is 2.78. The lowest BCUT2D eigenvalue weighted by Crippen LogP contribution is -2.26. The SMILES string of the molecule is COCCCN(C)c1cc2c(cc1N)OCC(=O)N2. The Balaban J connectivity index is 2.16. The fourth-order valence-electron chi connectivity index (χ4n) is 2.03. The molecule has 0 aromatic heterocycles. The molecule has 6 nitrogen and oxygen atoms in total. The van der Waals surface area contributed by atoms with Crippen molar-refractivity contribution in [3.05, 3.63) is 12.1 Å². The first-order valence-corrected chi connectivity index (χ1v) is 6.18. The Labute approximate surface area is 112 Å². The van der Waals surface area contributed by atoms with Crippen molar-refractivity contribution in [3.8, 4) is 5.75 Å². The van der Waals surface area contributed by atoms with E-state index in [1.54, 1.807) is 13.2 Å². The van der Waals surface area contributed by atoms with Crippen LogP contribution in [0.2, 0.25) is 0 Å². The molecule has 0 radical (unpaired) electrons. The van der Waals surface area contributed by atoms with Gasteiger partial charge in [-0.3, -0.25) is 4.79 Å². The van der Waals surface area contributed by atoms with E-state index >= 15 is 0 Å². The molecule has 1 aliphatic rings. The summed E-state index contributed by atoms with van der Waals surface area (Å²) in [6, 6.07) is 3.59. The van der Waals surface area contributed by atoms with Crippen LogP contribution in [0.3, 0.4) is 0 Å². The zero-order chi connectivity index (χ0) is 13.8. The van der Waals surface area contributed by atoms with Gasteiger partial charge in [0.05, 0.1) is 17.1 Å². The lowest BCUT2D eigenvalue weighted by atomic mass is 10.2. The van der Waals surface area contributed by atoms with Gasteiger partial charge in [0.1, 0.15) is 5.75 Å². The zero-order valence-corrected chi connectivity index (χ0v) is 11.2. The maximum Gasteiger partial charge on any atom is 0.262 e. The Morgan fingerprint density at radius 2 is 2.32 bits per heavy atom. The van der Waals surface area contributed by atoms with Gasteiger partial charge in [0.2, 0.25) is 0 Å². The van der Waals surface area contributed by atoms with Crippen LogP contribution in [0.1, 0.15) is 6.42 Å². The molecular weight excluding hydrogens is 246 g/mol. The van der Waals surface area contributed by atoms with E-state index in [4.69, 9.17) is 15.2 Å². The number of anilines is 3. The summed E-state index contributed by atoms with van der Waals surface area (Å²) in [7, 11) is 3.64. The van der Waals surface area contributed by atoms with Crippen molar-refractivity contribution in [1.29, 1.82) is 0 Å². The van der Waals surface area contributed by atoms with Crippen LogP contribution >= 0.6 is 0 Å². The maximum absolute atomic E-state index is 11.3. The van der Waals surface area contributed by atoms with E-state index in [0.29, 0.717) is 23.7 Å². The quantitative estimate of drug-likeness (QED) is 0.615. The molecule has 1 amide bonds. The van der Waals surface area contributed by atoms with Crippen molar-refractivity contribution in [2.45, 2.75) is 6.42 Å². The second kappa shape index (κ2) is 5.79. The van der Waals surface area contributed by atoms with E-state index in [9.17, 15) is 4.79 Å². The summed E-state index contributed by atoms with van der Waals surface area (Å²) in [4.78, 5) is 13.3. The van der Waals surface area contributed by atoms with E-state index in [2.05, 4.69) is 5.32 Å². The van der Waals surface area contributed by atoms with Crippen LogP contribution in [0.5, 0.6) is 5.75 Å². The molecule has 0 saturated heterocycles. The highest BCUT2D eigenvalue weighted by molar-refractivity contribution is 5.97. The third-order valence-electron chi connectivity index (χ3n) is 3.01. The average Bonchev–Trinajstić information content (AvgIpc) is 2.38. The Hall–Kier alpha value is -1.95. The number of carbonyl (C=O) groups excluding carboxylic acids is 1. The predicted molar refractivity (Wildman–Crippen MR) is 74.7 cm³/mol. The van der Waals surface area contributed by atoms with Crippen LogP contribution in [0.25, 0.3) is 0 Å². The van der Waals surface area contributed by atoms with Crippen molar-refractivity contribution >= 4 is 23.0 Å². The van der Waals surface area contributed by atoms with E-state index in [0.717, 1.165) is 18.7 Å². The molecule has 0 atom stereocenters. The van der Waals surface area contributed by atoms with Gasteiger partial charge in [-0.25, -0.2) is 0 Å². The number of nitrogen functional groups attached to an aromatic ring is 1. The Kier molecular flexibility index (Phi) is 4.11. The van der Waals surface area contributed by atoms with Crippen molar-refractivity contribution in [2.24, 2.45) is 0 Å². The van der Waals surface area contributed by atoms with Gasteiger partial charge < -0.3 is 25.4 Å². The van der Waals surface area contributed by atoms with E-state index in [-0.39, 0.29) is 12.5 Å². The van der Waals surface area contributed by atoms with Gasteiger partial charge in [-0.05, 0) is 12.5 Å². The minimum atomic E-state index is -0.148. The molecule has 1 aromatic rings. The van der Waals surface area contributed by atoms with Crippen molar-refractivity contribution in [2.75, 3.05) is 49.9 Å². The summed E-state index contributed by atoms with van der Waals surface area (Å²) in [5.41, 5.74) is 8.19.